The molecule has 0 amide bonds. The van der Waals surface area contributed by atoms with Crippen LogP contribution >= 0.6 is 12.6 Å². The van der Waals surface area contributed by atoms with Gasteiger partial charge in [-0.3, -0.25) is 0 Å². The van der Waals surface area contributed by atoms with E-state index in [2.05, 4.69) is 17.6 Å². The van der Waals surface area contributed by atoms with Gasteiger partial charge < -0.3 is 10.8 Å². The van der Waals surface area contributed by atoms with Gasteiger partial charge in [0.15, 0.2) is 0 Å². The van der Waals surface area contributed by atoms with Crippen molar-refractivity contribution in [2.24, 2.45) is 0 Å². The summed E-state index contributed by atoms with van der Waals surface area (Å²) in [6.45, 7) is 1.73. The molecule has 0 unspecified atom stereocenters. The molecule has 3 N–H and O–H groups in total. The Bertz CT molecular complexity index is 749. The predicted molar refractivity (Wildman–Crippen MR) is 77.2 cm³/mol. The van der Waals surface area contributed by atoms with Crippen LogP contribution in [0.5, 0.6) is 5.75 Å². The van der Waals surface area contributed by atoms with E-state index in [0.29, 0.717) is 16.7 Å². The minimum Gasteiger partial charge on any atom is -0.508 e. The van der Waals surface area contributed by atoms with Gasteiger partial charge in [0.1, 0.15) is 34.3 Å². The first kappa shape index (κ1) is 13.7. The molecule has 5 nitrogen and oxygen atoms in total. The number of anilines is 1. The van der Waals surface area contributed by atoms with Crippen LogP contribution in [0.1, 0.15) is 16.7 Å². The number of rotatable bonds is 1. The van der Waals surface area contributed by atoms with Gasteiger partial charge in [0.2, 0.25) is 0 Å². The Morgan fingerprint density at radius 3 is 2.45 bits per heavy atom. The first-order chi connectivity index (χ1) is 9.49. The van der Waals surface area contributed by atoms with E-state index >= 15 is 0 Å². The highest BCUT2D eigenvalue weighted by atomic mass is 32.1. The lowest BCUT2D eigenvalue weighted by atomic mass is 9.95. The van der Waals surface area contributed by atoms with Gasteiger partial charge >= 0.3 is 0 Å². The lowest BCUT2D eigenvalue weighted by molar-refractivity contribution is 0.471. The van der Waals surface area contributed by atoms with E-state index in [-0.39, 0.29) is 27.7 Å². The summed E-state index contributed by atoms with van der Waals surface area (Å²) in [5.41, 5.74) is 7.66. The number of aryl methyl sites for hydroxylation is 1. The molecule has 1 aromatic carbocycles. The number of nitriles is 2. The van der Waals surface area contributed by atoms with E-state index in [1.165, 1.54) is 6.07 Å². The van der Waals surface area contributed by atoms with Crippen LogP contribution in [0.4, 0.5) is 5.82 Å². The predicted octanol–water partition coefficient (Wildman–Crippen LogP) is 2.38. The maximum atomic E-state index is 9.57. The molecule has 0 aliphatic carbocycles. The van der Waals surface area contributed by atoms with Gasteiger partial charge in [-0.1, -0.05) is 6.07 Å². The van der Waals surface area contributed by atoms with E-state index in [1.54, 1.807) is 19.1 Å². The van der Waals surface area contributed by atoms with E-state index in [4.69, 9.17) is 5.73 Å². The Hall–Kier alpha value is -2.70. The number of nitrogen functional groups attached to an aromatic ring is 1. The van der Waals surface area contributed by atoms with Crippen molar-refractivity contribution in [1.82, 2.24) is 4.98 Å². The highest BCUT2D eigenvalue weighted by Crippen LogP contribution is 2.34. The number of aromatic nitrogens is 1. The van der Waals surface area contributed by atoms with Crippen LogP contribution < -0.4 is 5.73 Å². The van der Waals surface area contributed by atoms with E-state index in [9.17, 15) is 15.6 Å². The number of hydrogen-bond acceptors (Lipinski definition) is 6. The van der Waals surface area contributed by atoms with Crippen molar-refractivity contribution in [3.05, 3.63) is 34.9 Å². The maximum Gasteiger partial charge on any atom is 0.143 e. The second kappa shape index (κ2) is 5.12. The molecular weight excluding hydrogens is 272 g/mol. The number of thiol groups is 1. The Morgan fingerprint density at radius 1 is 1.25 bits per heavy atom. The summed E-state index contributed by atoms with van der Waals surface area (Å²) in [6, 6.07) is 8.75. The fourth-order valence-electron chi connectivity index (χ4n) is 1.91. The van der Waals surface area contributed by atoms with Crippen LogP contribution in [0.25, 0.3) is 11.1 Å². The number of phenolic OH excluding ortho intramolecular Hbond substituents is 1. The van der Waals surface area contributed by atoms with E-state index in [1.807, 2.05) is 12.1 Å². The summed E-state index contributed by atoms with van der Waals surface area (Å²) in [5.74, 6) is 0.163. The van der Waals surface area contributed by atoms with Crippen molar-refractivity contribution in [1.29, 1.82) is 10.5 Å². The van der Waals surface area contributed by atoms with Crippen LogP contribution in [0.3, 0.4) is 0 Å². The summed E-state index contributed by atoms with van der Waals surface area (Å²) >= 11 is 4.13. The fraction of sp³-hybridized carbons (Fsp3) is 0.0714. The molecular formula is C14H10N4OS. The van der Waals surface area contributed by atoms with Gasteiger partial charge in [-0.25, -0.2) is 4.98 Å². The minimum atomic E-state index is 0.0252. The third-order valence-corrected chi connectivity index (χ3v) is 3.24. The molecule has 0 spiro atoms. The maximum absolute atomic E-state index is 9.57. The Balaban J connectivity index is 2.88. The van der Waals surface area contributed by atoms with Gasteiger partial charge in [-0.05, 0) is 30.2 Å². The van der Waals surface area contributed by atoms with Gasteiger partial charge in [0.05, 0.1) is 5.56 Å². The number of hydrogen-bond donors (Lipinski definition) is 3. The third-order valence-electron chi connectivity index (χ3n) is 2.92. The lowest BCUT2D eigenvalue weighted by Crippen LogP contribution is -2.02. The quantitative estimate of drug-likeness (QED) is 0.696. The summed E-state index contributed by atoms with van der Waals surface area (Å²) < 4.78 is 0. The molecule has 1 aromatic heterocycles. The third kappa shape index (κ3) is 2.13. The second-order valence-corrected chi connectivity index (χ2v) is 4.59. The zero-order valence-electron chi connectivity index (χ0n) is 10.5. The zero-order valence-corrected chi connectivity index (χ0v) is 11.4. The molecule has 20 heavy (non-hydrogen) atoms. The minimum absolute atomic E-state index is 0.0252. The monoisotopic (exact) mass is 282 g/mol. The molecule has 0 radical (unpaired) electrons. The molecule has 0 aliphatic rings. The van der Waals surface area contributed by atoms with Crippen LogP contribution in [-0.2, 0) is 0 Å². The zero-order chi connectivity index (χ0) is 14.9. The first-order valence-corrected chi connectivity index (χ1v) is 6.07. The Labute approximate surface area is 121 Å². The molecule has 0 saturated heterocycles. The topological polar surface area (TPSA) is 107 Å². The summed E-state index contributed by atoms with van der Waals surface area (Å²) in [4.78, 5) is 3.89. The molecule has 0 fully saturated rings. The molecule has 0 saturated carbocycles. The number of pyridine rings is 1. The number of nitrogens with zero attached hydrogens (tertiary/aromatic N) is 3. The van der Waals surface area contributed by atoms with Crippen LogP contribution in [0, 0.1) is 29.6 Å². The van der Waals surface area contributed by atoms with Gasteiger partial charge in [0, 0.05) is 5.56 Å². The molecule has 98 valence electrons. The van der Waals surface area contributed by atoms with Crippen molar-refractivity contribution in [2.75, 3.05) is 5.73 Å². The highest BCUT2D eigenvalue weighted by Gasteiger charge is 2.18. The van der Waals surface area contributed by atoms with Gasteiger partial charge in [-0.15, -0.1) is 12.6 Å². The van der Waals surface area contributed by atoms with E-state index < -0.39 is 0 Å². The van der Waals surface area contributed by atoms with Crippen molar-refractivity contribution in [2.45, 2.75) is 11.9 Å². The van der Waals surface area contributed by atoms with Crippen molar-refractivity contribution >= 4 is 18.4 Å². The standard InChI is InChI=1S/C14H10N4OS/c1-7-4-8(2-3-11(7)19)12-9(5-15)13(17)18-14(20)10(12)6-16/h2-4,19H,1H3,(H3,17,18,20). The average molecular weight is 282 g/mol. The van der Waals surface area contributed by atoms with Gasteiger partial charge in [0.25, 0.3) is 0 Å². The van der Waals surface area contributed by atoms with Crippen molar-refractivity contribution in [3.8, 4) is 29.0 Å². The average Bonchev–Trinajstić information content (AvgIpc) is 2.41. The number of phenols is 1. The normalized spacial score (nSPS) is 9.80. The Kier molecular flexibility index (Phi) is 3.51. The largest absolute Gasteiger partial charge is 0.508 e. The Morgan fingerprint density at radius 2 is 1.90 bits per heavy atom. The molecule has 0 atom stereocenters. The fourth-order valence-corrected chi connectivity index (χ4v) is 2.18. The van der Waals surface area contributed by atoms with Crippen molar-refractivity contribution < 1.29 is 5.11 Å². The molecule has 1 heterocycles. The second-order valence-electron chi connectivity index (χ2n) is 4.17. The highest BCUT2D eigenvalue weighted by molar-refractivity contribution is 7.80. The number of benzene rings is 1. The molecule has 0 aliphatic heterocycles. The van der Waals surface area contributed by atoms with Crippen LogP contribution in [0.15, 0.2) is 23.2 Å². The number of nitrogens with two attached hydrogens (primary N) is 1. The SMILES string of the molecule is Cc1cc(-c2c(C#N)c(N)nc(S)c2C#N)ccc1O. The first-order valence-electron chi connectivity index (χ1n) is 5.62. The lowest BCUT2D eigenvalue weighted by Gasteiger charge is -2.11. The van der Waals surface area contributed by atoms with E-state index in [0.717, 1.165) is 0 Å². The van der Waals surface area contributed by atoms with Crippen LogP contribution in [-0.4, -0.2) is 10.1 Å². The van der Waals surface area contributed by atoms with Crippen LogP contribution in [0.2, 0.25) is 0 Å². The number of aromatic hydroxyl groups is 1. The molecule has 0 bridgehead atoms. The smallest absolute Gasteiger partial charge is 0.143 e. The summed E-state index contributed by atoms with van der Waals surface area (Å²) in [5, 5.41) is 28.2. The van der Waals surface area contributed by atoms with Crippen molar-refractivity contribution in [3.63, 3.8) is 0 Å². The van der Waals surface area contributed by atoms with Gasteiger partial charge in [-0.2, -0.15) is 10.5 Å². The summed E-state index contributed by atoms with van der Waals surface area (Å²) in [6.07, 6.45) is 0. The molecule has 2 aromatic rings. The molecule has 2 rings (SSSR count). The molecule has 6 heteroatoms. The summed E-state index contributed by atoms with van der Waals surface area (Å²) in [7, 11) is 0.